The number of aromatic nitrogens is 1. The van der Waals surface area contributed by atoms with E-state index in [2.05, 4.69) is 31.0 Å². The van der Waals surface area contributed by atoms with Gasteiger partial charge in [-0.1, -0.05) is 24.3 Å². The van der Waals surface area contributed by atoms with Gasteiger partial charge in [0.2, 0.25) is 0 Å². The molecule has 27 heavy (non-hydrogen) atoms. The molecule has 0 bridgehead atoms. The van der Waals surface area contributed by atoms with Crippen LogP contribution in [0.2, 0.25) is 0 Å². The van der Waals surface area contributed by atoms with E-state index in [1.54, 1.807) is 12.1 Å². The number of carbonyl (C=O) groups is 1. The van der Waals surface area contributed by atoms with Gasteiger partial charge in [0.05, 0.1) is 11.6 Å². The molecule has 0 saturated carbocycles. The molecule has 0 aliphatic rings. The maximum atomic E-state index is 12.5. The molecule has 2 N–H and O–H groups in total. The molecule has 0 fully saturated rings. The van der Waals surface area contributed by atoms with Gasteiger partial charge in [-0.2, -0.15) is 8.78 Å². The highest BCUT2D eigenvalue weighted by atomic mass is 79.9. The van der Waals surface area contributed by atoms with Crippen molar-refractivity contribution in [3.05, 3.63) is 58.2 Å². The van der Waals surface area contributed by atoms with Crippen molar-refractivity contribution in [3.8, 4) is 11.5 Å². The fourth-order valence-corrected chi connectivity index (χ4v) is 3.36. The molecule has 142 valence electrons. The highest BCUT2D eigenvalue weighted by Crippen LogP contribution is 2.30. The van der Waals surface area contributed by atoms with Crippen molar-refractivity contribution in [2.45, 2.75) is 13.0 Å². The van der Waals surface area contributed by atoms with Crippen molar-refractivity contribution in [1.82, 2.24) is 10.3 Å². The minimum Gasteiger partial charge on any atom is -0.493 e. The zero-order valence-electron chi connectivity index (χ0n) is 14.4. The summed E-state index contributed by atoms with van der Waals surface area (Å²) in [4.78, 5) is 15.5. The second-order valence-electron chi connectivity index (χ2n) is 5.73. The van der Waals surface area contributed by atoms with Crippen molar-refractivity contribution >= 4 is 32.7 Å². The van der Waals surface area contributed by atoms with Crippen molar-refractivity contribution in [2.24, 2.45) is 0 Å². The summed E-state index contributed by atoms with van der Waals surface area (Å²) in [5.74, 6) is -0.0598. The van der Waals surface area contributed by atoms with E-state index in [-0.39, 0.29) is 17.4 Å². The van der Waals surface area contributed by atoms with Crippen LogP contribution in [-0.4, -0.2) is 31.2 Å². The fraction of sp³-hybridized carbons (Fsp3) is 0.211. The molecule has 1 aromatic heterocycles. The molecule has 0 saturated heterocycles. The minimum absolute atomic E-state index is 0.0327. The lowest BCUT2D eigenvalue weighted by atomic mass is 10.1. The van der Waals surface area contributed by atoms with E-state index >= 15 is 0 Å². The zero-order valence-corrected chi connectivity index (χ0v) is 16.0. The molecule has 0 spiro atoms. The number of para-hydroxylation sites is 1. The summed E-state index contributed by atoms with van der Waals surface area (Å²) in [7, 11) is 1.38. The number of methoxy groups -OCH3 is 1. The van der Waals surface area contributed by atoms with Gasteiger partial charge < -0.3 is 19.8 Å². The van der Waals surface area contributed by atoms with E-state index in [1.807, 2.05) is 24.3 Å². The number of halogens is 3. The Hall–Kier alpha value is -2.61. The Balaban J connectivity index is 1.65. The quantitative estimate of drug-likeness (QED) is 0.570. The predicted molar refractivity (Wildman–Crippen MR) is 102 cm³/mol. The third kappa shape index (κ3) is 4.39. The van der Waals surface area contributed by atoms with Gasteiger partial charge in [0.25, 0.3) is 5.91 Å². The largest absolute Gasteiger partial charge is 0.493 e. The first-order chi connectivity index (χ1) is 13.0. The van der Waals surface area contributed by atoms with Crippen molar-refractivity contribution in [2.75, 3.05) is 13.7 Å². The van der Waals surface area contributed by atoms with Gasteiger partial charge in [-0.05, 0) is 46.1 Å². The predicted octanol–water partition coefficient (Wildman–Crippen LogP) is 4.51. The van der Waals surface area contributed by atoms with Gasteiger partial charge in [-0.15, -0.1) is 0 Å². The number of nitrogens with one attached hydrogen (secondary N) is 2. The number of carbonyl (C=O) groups excluding carboxylic acids is 1. The number of aromatic amines is 1. The molecule has 3 rings (SSSR count). The maximum absolute atomic E-state index is 12.5. The van der Waals surface area contributed by atoms with Crippen LogP contribution in [0.25, 0.3) is 10.9 Å². The average Bonchev–Trinajstić information content (AvgIpc) is 2.99. The molecule has 0 radical (unpaired) electrons. The molecule has 0 aliphatic heterocycles. The number of alkyl halides is 2. The number of benzene rings is 2. The van der Waals surface area contributed by atoms with Crippen LogP contribution < -0.4 is 14.8 Å². The Labute approximate surface area is 162 Å². The Morgan fingerprint density at radius 3 is 2.70 bits per heavy atom. The average molecular weight is 439 g/mol. The van der Waals surface area contributed by atoms with Crippen molar-refractivity contribution in [3.63, 3.8) is 0 Å². The number of fused-ring (bicyclic) bond motifs is 1. The Morgan fingerprint density at radius 2 is 2.00 bits per heavy atom. The number of rotatable bonds is 7. The van der Waals surface area contributed by atoms with Gasteiger partial charge >= 0.3 is 6.61 Å². The molecule has 0 aliphatic carbocycles. The lowest BCUT2D eigenvalue weighted by Gasteiger charge is -2.12. The Kier molecular flexibility index (Phi) is 5.95. The van der Waals surface area contributed by atoms with E-state index in [0.717, 1.165) is 16.5 Å². The Bertz CT molecular complexity index is 959. The monoisotopic (exact) mass is 438 g/mol. The molecular weight excluding hydrogens is 422 g/mol. The molecular formula is C19H17BrF2N2O3. The summed E-state index contributed by atoms with van der Waals surface area (Å²) in [5.41, 5.74) is 2.04. The molecule has 3 aromatic rings. The summed E-state index contributed by atoms with van der Waals surface area (Å²) in [5, 5.41) is 3.74. The first kappa shape index (κ1) is 19.2. The van der Waals surface area contributed by atoms with Gasteiger partial charge in [0.1, 0.15) is 5.69 Å². The molecule has 1 heterocycles. The molecule has 0 atom stereocenters. The van der Waals surface area contributed by atoms with Gasteiger partial charge in [0, 0.05) is 17.4 Å². The van der Waals surface area contributed by atoms with Gasteiger partial charge in [0.15, 0.2) is 11.5 Å². The molecule has 8 heteroatoms. The molecule has 1 amide bonds. The second-order valence-corrected chi connectivity index (χ2v) is 6.52. The van der Waals surface area contributed by atoms with Crippen LogP contribution in [0.15, 0.2) is 46.9 Å². The number of amides is 1. The number of hydrogen-bond donors (Lipinski definition) is 2. The standard InChI is InChI=1S/C19H17BrF2N2O3/c1-26-14-7-6-11(10-15(14)27-19(21)22)8-9-23-18(25)17-16(20)12-4-2-3-5-13(12)24-17/h2-7,10,19,24H,8-9H2,1H3,(H,23,25). The third-order valence-electron chi connectivity index (χ3n) is 4.01. The SMILES string of the molecule is COc1ccc(CCNC(=O)c2[nH]c3ccccc3c2Br)cc1OC(F)F. The van der Waals surface area contributed by atoms with E-state index in [4.69, 9.17) is 4.74 Å². The summed E-state index contributed by atoms with van der Waals surface area (Å²) < 4.78 is 35.2. The van der Waals surface area contributed by atoms with Crippen molar-refractivity contribution < 1.29 is 23.0 Å². The van der Waals surface area contributed by atoms with E-state index in [1.165, 1.54) is 13.2 Å². The van der Waals surface area contributed by atoms with Crippen LogP contribution in [0, 0.1) is 0 Å². The highest BCUT2D eigenvalue weighted by Gasteiger charge is 2.16. The van der Waals surface area contributed by atoms with Crippen LogP contribution >= 0.6 is 15.9 Å². The van der Waals surface area contributed by atoms with Crippen LogP contribution in [0.3, 0.4) is 0 Å². The van der Waals surface area contributed by atoms with E-state index < -0.39 is 6.61 Å². The normalized spacial score (nSPS) is 11.0. The van der Waals surface area contributed by atoms with Gasteiger partial charge in [-0.3, -0.25) is 4.79 Å². The third-order valence-corrected chi connectivity index (χ3v) is 4.84. The number of H-pyrrole nitrogens is 1. The highest BCUT2D eigenvalue weighted by molar-refractivity contribution is 9.10. The van der Waals surface area contributed by atoms with E-state index in [9.17, 15) is 13.6 Å². The first-order valence-electron chi connectivity index (χ1n) is 8.15. The summed E-state index contributed by atoms with van der Waals surface area (Å²) in [6.45, 7) is -2.60. The van der Waals surface area contributed by atoms with Crippen LogP contribution in [0.1, 0.15) is 16.1 Å². The van der Waals surface area contributed by atoms with Gasteiger partial charge in [-0.25, -0.2) is 0 Å². The van der Waals surface area contributed by atoms with Crippen LogP contribution in [0.4, 0.5) is 8.78 Å². The number of ether oxygens (including phenoxy) is 2. The molecule has 2 aromatic carbocycles. The Morgan fingerprint density at radius 1 is 1.22 bits per heavy atom. The topological polar surface area (TPSA) is 63.3 Å². The first-order valence-corrected chi connectivity index (χ1v) is 8.95. The van der Waals surface area contributed by atoms with Crippen LogP contribution in [-0.2, 0) is 6.42 Å². The lowest BCUT2D eigenvalue weighted by Crippen LogP contribution is -2.26. The summed E-state index contributed by atoms with van der Waals surface area (Å²) in [6.07, 6.45) is 0.452. The second kappa shape index (κ2) is 8.39. The van der Waals surface area contributed by atoms with Crippen molar-refractivity contribution in [1.29, 1.82) is 0 Å². The molecule has 5 nitrogen and oxygen atoms in total. The minimum atomic E-state index is -2.94. The summed E-state index contributed by atoms with van der Waals surface area (Å²) in [6, 6.07) is 12.4. The fourth-order valence-electron chi connectivity index (χ4n) is 2.74. The van der Waals surface area contributed by atoms with E-state index in [0.29, 0.717) is 23.1 Å². The summed E-state index contributed by atoms with van der Waals surface area (Å²) >= 11 is 3.44. The maximum Gasteiger partial charge on any atom is 0.387 e. The van der Waals surface area contributed by atoms with Crippen LogP contribution in [0.5, 0.6) is 11.5 Å². The lowest BCUT2D eigenvalue weighted by molar-refractivity contribution is -0.0512. The number of hydrogen-bond acceptors (Lipinski definition) is 3. The molecule has 0 unspecified atom stereocenters. The zero-order chi connectivity index (χ0) is 19.4. The smallest absolute Gasteiger partial charge is 0.387 e.